The molecule has 0 saturated carbocycles. The summed E-state index contributed by atoms with van der Waals surface area (Å²) in [5.41, 5.74) is 1.07. The summed E-state index contributed by atoms with van der Waals surface area (Å²) in [4.78, 5) is 2.19. The molecule has 4 nitrogen and oxygen atoms in total. The number of phenols is 1. The minimum atomic E-state index is 0.190. The highest BCUT2D eigenvalue weighted by atomic mass is 16.5. The van der Waals surface area contributed by atoms with E-state index in [0.29, 0.717) is 5.75 Å². The number of rotatable bonds is 7. The van der Waals surface area contributed by atoms with Crippen LogP contribution >= 0.6 is 0 Å². The second kappa shape index (κ2) is 7.14. The highest BCUT2D eigenvalue weighted by Gasteiger charge is 2.04. The van der Waals surface area contributed by atoms with Crippen LogP contribution in [0.15, 0.2) is 18.2 Å². The molecule has 0 unspecified atom stereocenters. The van der Waals surface area contributed by atoms with Gasteiger partial charge < -0.3 is 19.5 Å². The topological polar surface area (TPSA) is 41.9 Å². The van der Waals surface area contributed by atoms with Gasteiger partial charge in [0.05, 0.1) is 7.11 Å². The van der Waals surface area contributed by atoms with Crippen LogP contribution < -0.4 is 4.74 Å². The average Bonchev–Trinajstić information content (AvgIpc) is 2.29. The molecule has 4 heteroatoms. The first kappa shape index (κ1) is 13.8. The van der Waals surface area contributed by atoms with Crippen molar-refractivity contribution in [2.24, 2.45) is 0 Å². The van der Waals surface area contributed by atoms with Gasteiger partial charge in [-0.1, -0.05) is 6.07 Å². The van der Waals surface area contributed by atoms with Gasteiger partial charge in [-0.3, -0.25) is 0 Å². The van der Waals surface area contributed by atoms with Crippen molar-refractivity contribution in [2.45, 2.75) is 13.0 Å². The minimum Gasteiger partial charge on any atom is -0.504 e. The maximum absolute atomic E-state index is 9.65. The third-order valence-corrected chi connectivity index (χ3v) is 2.58. The molecule has 0 saturated heterocycles. The number of benzene rings is 1. The predicted molar refractivity (Wildman–Crippen MR) is 67.5 cm³/mol. The van der Waals surface area contributed by atoms with Crippen LogP contribution in [-0.4, -0.2) is 44.4 Å². The molecule has 0 aliphatic rings. The zero-order valence-electron chi connectivity index (χ0n) is 10.8. The van der Waals surface area contributed by atoms with Crippen LogP contribution in [0.3, 0.4) is 0 Å². The molecule has 1 aromatic rings. The maximum Gasteiger partial charge on any atom is 0.160 e. The fourth-order valence-corrected chi connectivity index (χ4v) is 1.70. The van der Waals surface area contributed by atoms with Crippen LogP contribution in [0.25, 0.3) is 0 Å². The molecule has 0 fully saturated rings. The van der Waals surface area contributed by atoms with Crippen LogP contribution in [0.4, 0.5) is 0 Å². The van der Waals surface area contributed by atoms with Crippen LogP contribution in [0.5, 0.6) is 11.5 Å². The molecule has 0 heterocycles. The molecule has 0 atom stereocenters. The van der Waals surface area contributed by atoms with E-state index >= 15 is 0 Å². The molecule has 0 aliphatic heterocycles. The zero-order chi connectivity index (χ0) is 12.7. The van der Waals surface area contributed by atoms with E-state index in [9.17, 15) is 5.11 Å². The van der Waals surface area contributed by atoms with E-state index in [1.807, 2.05) is 6.07 Å². The third-order valence-electron chi connectivity index (χ3n) is 2.58. The van der Waals surface area contributed by atoms with Crippen molar-refractivity contribution < 1.29 is 14.6 Å². The predicted octanol–water partition coefficient (Wildman–Crippen LogP) is 1.87. The van der Waals surface area contributed by atoms with Crippen LogP contribution in [0.2, 0.25) is 0 Å². The molecule has 1 rings (SSSR count). The fourth-order valence-electron chi connectivity index (χ4n) is 1.70. The largest absolute Gasteiger partial charge is 0.504 e. The molecule has 0 bridgehead atoms. The zero-order valence-corrected chi connectivity index (χ0v) is 10.8. The molecule has 0 radical (unpaired) electrons. The molecule has 96 valence electrons. The van der Waals surface area contributed by atoms with Crippen molar-refractivity contribution in [3.8, 4) is 11.5 Å². The molecule has 1 aromatic carbocycles. The van der Waals surface area contributed by atoms with Gasteiger partial charge in [0.1, 0.15) is 0 Å². The SMILES string of the molecule is COCCCN(C)Cc1ccc(OC)c(O)c1. The number of hydrogen-bond donors (Lipinski definition) is 1. The lowest BCUT2D eigenvalue weighted by atomic mass is 10.2. The molecule has 0 aromatic heterocycles. The lowest BCUT2D eigenvalue weighted by Gasteiger charge is -2.16. The quantitative estimate of drug-likeness (QED) is 0.738. The number of phenolic OH excluding ortho intramolecular Hbond substituents is 1. The minimum absolute atomic E-state index is 0.190. The molecule has 1 N–H and O–H groups in total. The number of methoxy groups -OCH3 is 2. The van der Waals surface area contributed by atoms with E-state index < -0.39 is 0 Å². The Morgan fingerprint density at radius 1 is 1.29 bits per heavy atom. The van der Waals surface area contributed by atoms with Crippen molar-refractivity contribution in [3.05, 3.63) is 23.8 Å². The Morgan fingerprint density at radius 2 is 2.06 bits per heavy atom. The maximum atomic E-state index is 9.65. The van der Waals surface area contributed by atoms with Gasteiger partial charge in [0.15, 0.2) is 11.5 Å². The summed E-state index contributed by atoms with van der Waals surface area (Å²) in [6.45, 7) is 2.56. The first-order valence-corrected chi connectivity index (χ1v) is 5.70. The molecular weight excluding hydrogens is 218 g/mol. The van der Waals surface area contributed by atoms with Gasteiger partial charge in [0.2, 0.25) is 0 Å². The summed E-state index contributed by atoms with van der Waals surface area (Å²) in [6.07, 6.45) is 1.01. The molecular formula is C13H21NO3. The summed E-state index contributed by atoms with van der Waals surface area (Å²) in [5, 5.41) is 9.65. The number of ether oxygens (including phenoxy) is 2. The van der Waals surface area contributed by atoms with Crippen molar-refractivity contribution >= 4 is 0 Å². The second-order valence-electron chi connectivity index (χ2n) is 4.09. The van der Waals surface area contributed by atoms with Gasteiger partial charge in [0.25, 0.3) is 0 Å². The highest BCUT2D eigenvalue weighted by molar-refractivity contribution is 5.41. The standard InChI is InChI=1S/C13H21NO3/c1-14(7-4-8-16-2)10-11-5-6-13(17-3)12(15)9-11/h5-6,9,15H,4,7-8,10H2,1-3H3. The Bertz CT molecular complexity index is 341. The number of aromatic hydroxyl groups is 1. The van der Waals surface area contributed by atoms with Crippen molar-refractivity contribution in [1.29, 1.82) is 0 Å². The van der Waals surface area contributed by atoms with E-state index in [4.69, 9.17) is 9.47 Å². The monoisotopic (exact) mass is 239 g/mol. The summed E-state index contributed by atoms with van der Waals surface area (Å²) in [5.74, 6) is 0.700. The summed E-state index contributed by atoms with van der Waals surface area (Å²) >= 11 is 0. The van der Waals surface area contributed by atoms with Gasteiger partial charge in [-0.15, -0.1) is 0 Å². The third kappa shape index (κ3) is 4.63. The average molecular weight is 239 g/mol. The first-order valence-electron chi connectivity index (χ1n) is 5.70. The normalized spacial score (nSPS) is 10.8. The van der Waals surface area contributed by atoms with E-state index in [2.05, 4.69) is 11.9 Å². The van der Waals surface area contributed by atoms with Gasteiger partial charge >= 0.3 is 0 Å². The summed E-state index contributed by atoms with van der Waals surface area (Å²) < 4.78 is 10.0. The molecule has 0 aliphatic carbocycles. The van der Waals surface area contributed by atoms with Gasteiger partial charge in [-0.25, -0.2) is 0 Å². The lowest BCUT2D eigenvalue weighted by molar-refractivity contribution is 0.178. The smallest absolute Gasteiger partial charge is 0.160 e. The van der Waals surface area contributed by atoms with E-state index in [1.165, 1.54) is 0 Å². The van der Waals surface area contributed by atoms with Gasteiger partial charge in [-0.05, 0) is 31.2 Å². The Kier molecular flexibility index (Phi) is 5.80. The Hall–Kier alpha value is -1.26. The molecule has 17 heavy (non-hydrogen) atoms. The number of hydrogen-bond acceptors (Lipinski definition) is 4. The van der Waals surface area contributed by atoms with Crippen molar-refractivity contribution in [2.75, 3.05) is 34.4 Å². The Balaban J connectivity index is 2.48. The Labute approximate surface area is 103 Å². The van der Waals surface area contributed by atoms with Crippen LogP contribution in [0.1, 0.15) is 12.0 Å². The van der Waals surface area contributed by atoms with E-state index in [1.54, 1.807) is 26.4 Å². The van der Waals surface area contributed by atoms with Gasteiger partial charge in [-0.2, -0.15) is 0 Å². The van der Waals surface area contributed by atoms with Crippen molar-refractivity contribution in [1.82, 2.24) is 4.90 Å². The van der Waals surface area contributed by atoms with Crippen LogP contribution in [0, 0.1) is 0 Å². The summed E-state index contributed by atoms with van der Waals surface area (Å²) in [7, 11) is 5.31. The van der Waals surface area contributed by atoms with Gasteiger partial charge in [0, 0.05) is 26.8 Å². The second-order valence-corrected chi connectivity index (χ2v) is 4.09. The Morgan fingerprint density at radius 3 is 2.65 bits per heavy atom. The van der Waals surface area contributed by atoms with E-state index in [-0.39, 0.29) is 5.75 Å². The van der Waals surface area contributed by atoms with E-state index in [0.717, 1.165) is 31.7 Å². The molecule has 0 spiro atoms. The fraction of sp³-hybridized carbons (Fsp3) is 0.538. The number of nitrogens with zero attached hydrogens (tertiary/aromatic N) is 1. The van der Waals surface area contributed by atoms with Crippen molar-refractivity contribution in [3.63, 3.8) is 0 Å². The van der Waals surface area contributed by atoms with Crippen LogP contribution in [-0.2, 0) is 11.3 Å². The molecule has 0 amide bonds. The first-order chi connectivity index (χ1) is 8.17. The lowest BCUT2D eigenvalue weighted by Crippen LogP contribution is -2.20. The highest BCUT2D eigenvalue weighted by Crippen LogP contribution is 2.26. The summed E-state index contributed by atoms with van der Waals surface area (Å²) in [6, 6.07) is 5.49.